The van der Waals surface area contributed by atoms with Crippen LogP contribution >= 0.6 is 0 Å². The molecule has 1 saturated carbocycles. The van der Waals surface area contributed by atoms with E-state index in [-0.39, 0.29) is 35.7 Å². The van der Waals surface area contributed by atoms with Crippen LogP contribution in [-0.2, 0) is 4.79 Å². The lowest BCUT2D eigenvalue weighted by Crippen LogP contribution is -2.43. The Balaban J connectivity index is 1.37. The van der Waals surface area contributed by atoms with Gasteiger partial charge in [-0.05, 0) is 70.1 Å². The van der Waals surface area contributed by atoms with Crippen LogP contribution in [0, 0.1) is 11.7 Å². The van der Waals surface area contributed by atoms with E-state index in [1.807, 2.05) is 0 Å². The number of hydrogen-bond acceptors (Lipinski definition) is 7. The number of amides is 2. The number of nitrogens with one attached hydrogen (secondary N) is 3. The van der Waals surface area contributed by atoms with Gasteiger partial charge >= 0.3 is 0 Å². The third kappa shape index (κ3) is 5.75. The van der Waals surface area contributed by atoms with Crippen molar-refractivity contribution in [3.63, 3.8) is 0 Å². The van der Waals surface area contributed by atoms with Crippen LogP contribution in [0.5, 0.6) is 0 Å². The van der Waals surface area contributed by atoms with Gasteiger partial charge in [-0.3, -0.25) is 9.59 Å². The molecular formula is C23H30FN7O2. The first-order valence-electron chi connectivity index (χ1n) is 11.3. The smallest absolute Gasteiger partial charge is 0.251 e. The van der Waals surface area contributed by atoms with E-state index in [1.54, 1.807) is 24.3 Å². The number of benzene rings is 1. The minimum Gasteiger partial charge on any atom is -0.369 e. The molecule has 2 heterocycles. The van der Waals surface area contributed by atoms with Gasteiger partial charge in [0.2, 0.25) is 11.9 Å². The maximum absolute atomic E-state index is 14.3. The van der Waals surface area contributed by atoms with Crippen LogP contribution < -0.4 is 21.7 Å². The van der Waals surface area contributed by atoms with Gasteiger partial charge in [0.15, 0.2) is 11.6 Å². The number of carbonyl (C=O) groups excluding carboxylic acids is 2. The number of halogens is 1. The van der Waals surface area contributed by atoms with Crippen LogP contribution in [0.25, 0.3) is 0 Å². The molecule has 2 aliphatic rings. The summed E-state index contributed by atoms with van der Waals surface area (Å²) in [7, 11) is 2.08. The van der Waals surface area contributed by atoms with E-state index in [9.17, 15) is 14.0 Å². The Labute approximate surface area is 192 Å². The van der Waals surface area contributed by atoms with E-state index in [0.29, 0.717) is 17.7 Å². The Morgan fingerprint density at radius 2 is 1.85 bits per heavy atom. The SMILES string of the molecule is CN1CCC(NC(=O)c2ccc(Nc3ncc(F)c(N[C@@H]4CCC[C@@H]4C(N)=O)n3)cc2)CC1. The molecule has 1 aromatic carbocycles. The topological polar surface area (TPSA) is 125 Å². The predicted octanol–water partition coefficient (Wildman–Crippen LogP) is 2.25. The van der Waals surface area contributed by atoms with Crippen molar-refractivity contribution in [3.05, 3.63) is 41.8 Å². The van der Waals surface area contributed by atoms with Gasteiger partial charge in [-0.25, -0.2) is 9.37 Å². The zero-order chi connectivity index (χ0) is 23.4. The second-order valence-electron chi connectivity index (χ2n) is 8.83. The molecule has 4 rings (SSSR count). The molecule has 5 N–H and O–H groups in total. The minimum absolute atomic E-state index is 0.0276. The van der Waals surface area contributed by atoms with Gasteiger partial charge in [0.25, 0.3) is 5.91 Å². The average molecular weight is 456 g/mol. The number of nitrogens with zero attached hydrogens (tertiary/aromatic N) is 3. The van der Waals surface area contributed by atoms with Crippen LogP contribution in [-0.4, -0.2) is 58.9 Å². The molecule has 1 aliphatic heterocycles. The summed E-state index contributed by atoms with van der Waals surface area (Å²) in [5.74, 6) is -1.20. The molecule has 1 aromatic heterocycles. The van der Waals surface area contributed by atoms with Crippen molar-refractivity contribution in [2.45, 2.75) is 44.2 Å². The second kappa shape index (κ2) is 10.1. The molecule has 0 unspecified atom stereocenters. The van der Waals surface area contributed by atoms with Crippen molar-refractivity contribution in [3.8, 4) is 0 Å². The third-order valence-corrected chi connectivity index (χ3v) is 6.40. The van der Waals surface area contributed by atoms with E-state index in [0.717, 1.165) is 45.0 Å². The summed E-state index contributed by atoms with van der Waals surface area (Å²) in [6.07, 6.45) is 5.22. The third-order valence-electron chi connectivity index (χ3n) is 6.40. The summed E-state index contributed by atoms with van der Waals surface area (Å²) in [6.45, 7) is 1.96. The first-order valence-corrected chi connectivity index (χ1v) is 11.3. The maximum atomic E-state index is 14.3. The molecule has 1 aliphatic carbocycles. The van der Waals surface area contributed by atoms with E-state index in [4.69, 9.17) is 5.73 Å². The molecule has 2 fully saturated rings. The summed E-state index contributed by atoms with van der Waals surface area (Å²) in [5.41, 5.74) is 6.69. The summed E-state index contributed by atoms with van der Waals surface area (Å²) in [5, 5.41) is 9.13. The monoisotopic (exact) mass is 455 g/mol. The number of primary amides is 1. The number of nitrogens with two attached hydrogens (primary N) is 1. The molecule has 2 amide bonds. The molecule has 10 heteroatoms. The van der Waals surface area contributed by atoms with Crippen molar-refractivity contribution in [2.75, 3.05) is 30.8 Å². The summed E-state index contributed by atoms with van der Waals surface area (Å²) in [4.78, 5) is 34.6. The lowest BCUT2D eigenvalue weighted by atomic mass is 10.0. The fourth-order valence-electron chi connectivity index (χ4n) is 4.43. The molecule has 9 nitrogen and oxygen atoms in total. The number of anilines is 3. The lowest BCUT2D eigenvalue weighted by Gasteiger charge is -2.29. The van der Waals surface area contributed by atoms with Gasteiger partial charge in [0.1, 0.15) is 0 Å². The standard InChI is InChI=1S/C23H30FN7O2/c1-31-11-9-16(10-12-31)27-22(33)14-5-7-15(8-6-14)28-23-26-13-18(24)21(30-23)29-19-4-2-3-17(19)20(25)32/h5-8,13,16-17,19H,2-4,9-12H2,1H3,(H2,25,32)(H,27,33)(H2,26,28,29,30)/t17-,19+/m0/s1. The number of piperidine rings is 1. The molecule has 0 spiro atoms. The van der Waals surface area contributed by atoms with Gasteiger partial charge in [0, 0.05) is 23.3 Å². The predicted molar refractivity (Wildman–Crippen MR) is 124 cm³/mol. The van der Waals surface area contributed by atoms with E-state index < -0.39 is 11.7 Å². The first kappa shape index (κ1) is 22.9. The van der Waals surface area contributed by atoms with Crippen LogP contribution in [0.1, 0.15) is 42.5 Å². The number of rotatable bonds is 7. The summed E-state index contributed by atoms with van der Waals surface area (Å²) < 4.78 is 14.3. The number of likely N-dealkylation sites (tertiary alicyclic amines) is 1. The van der Waals surface area contributed by atoms with Crippen molar-refractivity contribution >= 4 is 29.3 Å². The summed E-state index contributed by atoms with van der Waals surface area (Å²) in [6, 6.07) is 6.91. The van der Waals surface area contributed by atoms with Gasteiger partial charge in [0.05, 0.1) is 12.1 Å². The Morgan fingerprint density at radius 3 is 2.55 bits per heavy atom. The van der Waals surface area contributed by atoms with Gasteiger partial charge < -0.3 is 26.6 Å². The van der Waals surface area contributed by atoms with E-state index in [2.05, 4.69) is 37.9 Å². The Hall–Kier alpha value is -3.27. The van der Waals surface area contributed by atoms with E-state index >= 15 is 0 Å². The molecule has 176 valence electrons. The van der Waals surface area contributed by atoms with Crippen LogP contribution in [0.2, 0.25) is 0 Å². The Bertz CT molecular complexity index is 993. The van der Waals surface area contributed by atoms with E-state index in [1.165, 1.54) is 0 Å². The highest BCUT2D eigenvalue weighted by molar-refractivity contribution is 5.94. The quantitative estimate of drug-likeness (QED) is 0.505. The second-order valence-corrected chi connectivity index (χ2v) is 8.83. The summed E-state index contributed by atoms with van der Waals surface area (Å²) >= 11 is 0. The van der Waals surface area contributed by atoms with Gasteiger partial charge in [-0.2, -0.15) is 4.98 Å². The zero-order valence-electron chi connectivity index (χ0n) is 18.7. The largest absolute Gasteiger partial charge is 0.369 e. The first-order chi connectivity index (χ1) is 15.9. The molecule has 2 atom stereocenters. The molecule has 2 aromatic rings. The van der Waals surface area contributed by atoms with Crippen molar-refractivity contribution in [1.29, 1.82) is 0 Å². The average Bonchev–Trinajstić information content (AvgIpc) is 3.27. The van der Waals surface area contributed by atoms with Gasteiger partial charge in [-0.15, -0.1) is 0 Å². The van der Waals surface area contributed by atoms with Crippen molar-refractivity contribution in [1.82, 2.24) is 20.2 Å². The van der Waals surface area contributed by atoms with Gasteiger partial charge in [-0.1, -0.05) is 6.42 Å². The highest BCUT2D eigenvalue weighted by atomic mass is 19.1. The molecule has 1 saturated heterocycles. The number of aromatic nitrogens is 2. The highest BCUT2D eigenvalue weighted by Crippen LogP contribution is 2.29. The molecule has 0 bridgehead atoms. The Morgan fingerprint density at radius 1 is 1.12 bits per heavy atom. The van der Waals surface area contributed by atoms with Crippen LogP contribution in [0.15, 0.2) is 30.5 Å². The number of carbonyl (C=O) groups is 2. The maximum Gasteiger partial charge on any atom is 0.251 e. The normalized spacial score (nSPS) is 21.5. The fourth-order valence-corrected chi connectivity index (χ4v) is 4.43. The molecule has 33 heavy (non-hydrogen) atoms. The van der Waals surface area contributed by atoms with Crippen molar-refractivity contribution < 1.29 is 14.0 Å². The zero-order valence-corrected chi connectivity index (χ0v) is 18.7. The minimum atomic E-state index is -0.600. The fraction of sp³-hybridized carbons (Fsp3) is 0.478. The molecule has 0 radical (unpaired) electrons. The lowest BCUT2D eigenvalue weighted by molar-refractivity contribution is -0.121. The number of hydrogen-bond donors (Lipinski definition) is 4. The molecular weight excluding hydrogens is 425 g/mol. The van der Waals surface area contributed by atoms with Crippen LogP contribution in [0.4, 0.5) is 21.8 Å². The Kier molecular flexibility index (Phi) is 7.02. The van der Waals surface area contributed by atoms with Crippen LogP contribution in [0.3, 0.4) is 0 Å². The highest BCUT2D eigenvalue weighted by Gasteiger charge is 2.32. The van der Waals surface area contributed by atoms with Crippen molar-refractivity contribution in [2.24, 2.45) is 11.7 Å².